The number of rotatable bonds is 2. The smallest absolute Gasteiger partial charge is 0.223 e. The number of nitrogen functional groups attached to an aromatic ring is 1. The molecule has 0 aliphatic carbocycles. The van der Waals surface area contributed by atoms with Crippen LogP contribution < -0.4 is 10.5 Å². The van der Waals surface area contributed by atoms with Gasteiger partial charge in [-0.25, -0.2) is 4.98 Å². The highest BCUT2D eigenvalue weighted by Gasteiger charge is 1.93. The molecule has 0 aliphatic rings. The summed E-state index contributed by atoms with van der Waals surface area (Å²) in [6.07, 6.45) is 1.54. The van der Waals surface area contributed by atoms with Crippen molar-refractivity contribution < 1.29 is 4.74 Å². The number of nitrogens with two attached hydrogens (primary N) is 1. The second-order valence-corrected chi connectivity index (χ2v) is 1.97. The SMILES string of the molecule is CC#CCOc1ccnc(N)n1. The van der Waals surface area contributed by atoms with Gasteiger partial charge in [0.15, 0.2) is 6.61 Å². The molecule has 0 saturated heterocycles. The zero-order valence-electron chi connectivity index (χ0n) is 6.74. The van der Waals surface area contributed by atoms with E-state index in [-0.39, 0.29) is 5.95 Å². The van der Waals surface area contributed by atoms with Crippen molar-refractivity contribution in [2.45, 2.75) is 6.92 Å². The molecule has 4 heteroatoms. The number of aromatic nitrogens is 2. The Kier molecular flexibility index (Phi) is 2.91. The lowest BCUT2D eigenvalue weighted by Crippen LogP contribution is -1.99. The molecule has 0 aromatic carbocycles. The van der Waals surface area contributed by atoms with Crippen LogP contribution in [0.15, 0.2) is 12.3 Å². The molecular formula is C8H9N3O. The molecule has 1 heterocycles. The van der Waals surface area contributed by atoms with Gasteiger partial charge in [-0.2, -0.15) is 4.98 Å². The maximum atomic E-state index is 5.32. The second kappa shape index (κ2) is 4.19. The molecule has 1 rings (SSSR count). The zero-order valence-corrected chi connectivity index (χ0v) is 6.74. The summed E-state index contributed by atoms with van der Waals surface area (Å²) in [5, 5.41) is 0. The maximum absolute atomic E-state index is 5.32. The summed E-state index contributed by atoms with van der Waals surface area (Å²) < 4.78 is 5.12. The second-order valence-electron chi connectivity index (χ2n) is 1.97. The molecule has 0 atom stereocenters. The van der Waals surface area contributed by atoms with Crippen molar-refractivity contribution >= 4 is 5.95 Å². The minimum atomic E-state index is 0.206. The quantitative estimate of drug-likeness (QED) is 0.643. The van der Waals surface area contributed by atoms with Gasteiger partial charge >= 0.3 is 0 Å². The number of ether oxygens (including phenoxy) is 1. The predicted molar refractivity (Wildman–Crippen MR) is 45.4 cm³/mol. The summed E-state index contributed by atoms with van der Waals surface area (Å²) in [7, 11) is 0. The van der Waals surface area contributed by atoms with Crippen LogP contribution in [0.25, 0.3) is 0 Å². The average Bonchev–Trinajstić information content (AvgIpc) is 2.05. The Morgan fingerprint density at radius 1 is 1.67 bits per heavy atom. The van der Waals surface area contributed by atoms with Crippen molar-refractivity contribution in [3.63, 3.8) is 0 Å². The van der Waals surface area contributed by atoms with Crippen LogP contribution in [0.5, 0.6) is 5.88 Å². The normalized spacial score (nSPS) is 8.42. The van der Waals surface area contributed by atoms with E-state index in [0.717, 1.165) is 0 Å². The van der Waals surface area contributed by atoms with Gasteiger partial charge < -0.3 is 10.5 Å². The third-order valence-corrected chi connectivity index (χ3v) is 1.12. The minimum Gasteiger partial charge on any atom is -0.464 e. The fourth-order valence-electron chi connectivity index (χ4n) is 0.619. The van der Waals surface area contributed by atoms with Gasteiger partial charge in [0.25, 0.3) is 0 Å². The number of anilines is 1. The summed E-state index contributed by atoms with van der Waals surface area (Å²) in [6, 6.07) is 1.63. The first-order valence-corrected chi connectivity index (χ1v) is 3.44. The van der Waals surface area contributed by atoms with Gasteiger partial charge in [0.05, 0.1) is 0 Å². The fraction of sp³-hybridized carbons (Fsp3) is 0.250. The van der Waals surface area contributed by atoms with Crippen LogP contribution in [-0.2, 0) is 0 Å². The number of hydrogen-bond acceptors (Lipinski definition) is 4. The molecule has 2 N–H and O–H groups in total. The van der Waals surface area contributed by atoms with Gasteiger partial charge in [-0.05, 0) is 6.92 Å². The Bertz CT molecular complexity index is 314. The van der Waals surface area contributed by atoms with E-state index in [2.05, 4.69) is 21.8 Å². The Morgan fingerprint density at radius 2 is 2.50 bits per heavy atom. The zero-order chi connectivity index (χ0) is 8.81. The first-order valence-electron chi connectivity index (χ1n) is 3.44. The highest BCUT2D eigenvalue weighted by atomic mass is 16.5. The van der Waals surface area contributed by atoms with E-state index in [0.29, 0.717) is 12.5 Å². The van der Waals surface area contributed by atoms with Crippen LogP contribution in [-0.4, -0.2) is 16.6 Å². The molecule has 1 aromatic heterocycles. The standard InChI is InChI=1S/C8H9N3O/c1-2-3-6-12-7-4-5-10-8(9)11-7/h4-5H,6H2,1H3,(H2,9,10,11). The molecule has 62 valence electrons. The van der Waals surface area contributed by atoms with E-state index < -0.39 is 0 Å². The highest BCUT2D eigenvalue weighted by Crippen LogP contribution is 2.04. The van der Waals surface area contributed by atoms with Gasteiger partial charge in [0, 0.05) is 12.3 Å². The van der Waals surface area contributed by atoms with Crippen molar-refractivity contribution in [2.24, 2.45) is 0 Å². The van der Waals surface area contributed by atoms with Crippen LogP contribution >= 0.6 is 0 Å². The molecule has 4 nitrogen and oxygen atoms in total. The Labute approximate surface area is 70.8 Å². The molecule has 0 fully saturated rings. The summed E-state index contributed by atoms with van der Waals surface area (Å²) in [6.45, 7) is 2.07. The molecule has 0 radical (unpaired) electrons. The predicted octanol–water partition coefficient (Wildman–Crippen LogP) is 0.461. The molecular weight excluding hydrogens is 154 g/mol. The molecule has 0 bridgehead atoms. The van der Waals surface area contributed by atoms with Crippen LogP contribution in [0.4, 0.5) is 5.95 Å². The van der Waals surface area contributed by atoms with Gasteiger partial charge in [-0.3, -0.25) is 0 Å². The fourth-order valence-corrected chi connectivity index (χ4v) is 0.619. The Morgan fingerprint density at radius 3 is 3.17 bits per heavy atom. The maximum Gasteiger partial charge on any atom is 0.223 e. The van der Waals surface area contributed by atoms with Gasteiger partial charge in [-0.15, -0.1) is 5.92 Å². The first-order chi connectivity index (χ1) is 5.83. The van der Waals surface area contributed by atoms with Gasteiger partial charge in [0.2, 0.25) is 11.8 Å². The monoisotopic (exact) mass is 163 g/mol. The minimum absolute atomic E-state index is 0.206. The molecule has 0 aliphatic heterocycles. The summed E-state index contributed by atoms with van der Waals surface area (Å²) in [4.78, 5) is 7.54. The molecule has 0 saturated carbocycles. The lowest BCUT2D eigenvalue weighted by molar-refractivity contribution is 0.355. The molecule has 12 heavy (non-hydrogen) atoms. The van der Waals surface area contributed by atoms with E-state index in [4.69, 9.17) is 10.5 Å². The molecule has 0 spiro atoms. The lowest BCUT2D eigenvalue weighted by Gasteiger charge is -1.99. The summed E-state index contributed by atoms with van der Waals surface area (Å²) in [5.41, 5.74) is 5.32. The number of hydrogen-bond donors (Lipinski definition) is 1. The largest absolute Gasteiger partial charge is 0.464 e. The van der Waals surface area contributed by atoms with E-state index in [1.807, 2.05) is 0 Å². The lowest BCUT2D eigenvalue weighted by atomic mass is 10.6. The highest BCUT2D eigenvalue weighted by molar-refractivity contribution is 5.20. The van der Waals surface area contributed by atoms with E-state index >= 15 is 0 Å². The van der Waals surface area contributed by atoms with Crippen molar-refractivity contribution in [1.29, 1.82) is 0 Å². The van der Waals surface area contributed by atoms with Crippen LogP contribution in [0.2, 0.25) is 0 Å². The topological polar surface area (TPSA) is 61.0 Å². The van der Waals surface area contributed by atoms with Crippen LogP contribution in [0.3, 0.4) is 0 Å². The summed E-state index contributed by atoms with van der Waals surface area (Å²) >= 11 is 0. The van der Waals surface area contributed by atoms with Gasteiger partial charge in [0.1, 0.15) is 0 Å². The van der Waals surface area contributed by atoms with Crippen molar-refractivity contribution in [3.05, 3.63) is 12.3 Å². The van der Waals surface area contributed by atoms with Crippen molar-refractivity contribution in [1.82, 2.24) is 9.97 Å². The number of nitrogens with zero attached hydrogens (tertiary/aromatic N) is 2. The Hall–Kier alpha value is -1.76. The third kappa shape index (κ3) is 2.46. The van der Waals surface area contributed by atoms with Crippen molar-refractivity contribution in [2.75, 3.05) is 12.3 Å². The molecule has 0 amide bonds. The summed E-state index contributed by atoms with van der Waals surface area (Å²) in [5.74, 6) is 6.10. The first kappa shape index (κ1) is 8.34. The third-order valence-electron chi connectivity index (χ3n) is 1.12. The van der Waals surface area contributed by atoms with E-state index in [9.17, 15) is 0 Å². The molecule has 1 aromatic rings. The van der Waals surface area contributed by atoms with Crippen molar-refractivity contribution in [3.8, 4) is 17.7 Å². The van der Waals surface area contributed by atoms with Crippen LogP contribution in [0, 0.1) is 11.8 Å². The van der Waals surface area contributed by atoms with E-state index in [1.54, 1.807) is 13.0 Å². The van der Waals surface area contributed by atoms with Gasteiger partial charge in [-0.1, -0.05) is 5.92 Å². The average molecular weight is 163 g/mol. The Balaban J connectivity index is 2.55. The van der Waals surface area contributed by atoms with E-state index in [1.165, 1.54) is 6.20 Å². The molecule has 0 unspecified atom stereocenters. The van der Waals surface area contributed by atoms with Crippen LogP contribution in [0.1, 0.15) is 6.92 Å².